The van der Waals surface area contributed by atoms with Crippen molar-refractivity contribution in [1.29, 1.82) is 0 Å². The first kappa shape index (κ1) is 26.0. The van der Waals surface area contributed by atoms with Gasteiger partial charge in [0.05, 0.1) is 10.6 Å². The van der Waals surface area contributed by atoms with Crippen LogP contribution in [0.5, 0.6) is 0 Å². The van der Waals surface area contributed by atoms with E-state index in [0.717, 1.165) is 16.3 Å². The Labute approximate surface area is 194 Å². The van der Waals surface area contributed by atoms with E-state index in [4.69, 9.17) is 4.55 Å². The number of carbonyl (C=O) groups excluding carboxylic acids is 1. The van der Waals surface area contributed by atoms with Gasteiger partial charge in [0.1, 0.15) is 6.04 Å². The molecule has 1 amide bonds. The zero-order valence-corrected chi connectivity index (χ0v) is 20.1. The highest BCUT2D eigenvalue weighted by atomic mass is 32.2. The molecule has 0 radical (unpaired) electrons. The van der Waals surface area contributed by atoms with Gasteiger partial charge in [-0.2, -0.15) is 8.42 Å². The van der Waals surface area contributed by atoms with Crippen molar-refractivity contribution in [2.45, 2.75) is 45.6 Å². The molecule has 0 fully saturated rings. The number of nitrogens with zero attached hydrogens (tertiary/aromatic N) is 1. The Balaban J connectivity index is 0.000000294. The van der Waals surface area contributed by atoms with E-state index in [1.807, 2.05) is 43.3 Å². The average molecular weight is 472 g/mol. The van der Waals surface area contributed by atoms with Crippen LogP contribution < -0.4 is 4.90 Å². The Hall–Kier alpha value is -3.23. The summed E-state index contributed by atoms with van der Waals surface area (Å²) in [5.41, 5.74) is 0.922. The normalized spacial score (nSPS) is 12.4. The summed E-state index contributed by atoms with van der Waals surface area (Å²) in [7, 11) is -4.02. The fourth-order valence-corrected chi connectivity index (χ4v) is 3.57. The molecule has 3 rings (SSSR count). The summed E-state index contributed by atoms with van der Waals surface area (Å²) >= 11 is 0. The van der Waals surface area contributed by atoms with Crippen LogP contribution in [0.3, 0.4) is 0 Å². The third-order valence-electron chi connectivity index (χ3n) is 4.95. The minimum atomic E-state index is -4.02. The van der Waals surface area contributed by atoms with Gasteiger partial charge >= 0.3 is 5.97 Å². The van der Waals surface area contributed by atoms with Crippen LogP contribution in [-0.4, -0.2) is 36.0 Å². The number of carboxylic acid groups (broad SMARTS) is 1. The number of hydrogen-bond donors (Lipinski definition) is 2. The third-order valence-corrected chi connectivity index (χ3v) is 5.82. The Kier molecular flexibility index (Phi) is 8.00. The van der Waals surface area contributed by atoms with E-state index in [9.17, 15) is 23.1 Å². The molecule has 7 nitrogen and oxygen atoms in total. The number of anilines is 1. The van der Waals surface area contributed by atoms with Crippen LogP contribution in [-0.2, 0) is 19.7 Å². The maximum Gasteiger partial charge on any atom is 0.326 e. The number of hydrogen-bond acceptors (Lipinski definition) is 4. The smallest absolute Gasteiger partial charge is 0.326 e. The first-order chi connectivity index (χ1) is 15.2. The third kappa shape index (κ3) is 6.63. The Bertz CT molecular complexity index is 1240. The number of rotatable bonds is 4. The van der Waals surface area contributed by atoms with Gasteiger partial charge in [-0.3, -0.25) is 14.2 Å². The van der Waals surface area contributed by atoms with Crippen molar-refractivity contribution in [1.82, 2.24) is 0 Å². The number of aryl methyl sites for hydroxylation is 1. The van der Waals surface area contributed by atoms with Gasteiger partial charge in [0.25, 0.3) is 10.1 Å². The molecule has 0 saturated carbocycles. The van der Waals surface area contributed by atoms with E-state index in [2.05, 4.69) is 0 Å². The molecule has 3 aromatic rings. The summed E-state index contributed by atoms with van der Waals surface area (Å²) in [4.78, 5) is 25.6. The molecule has 0 saturated heterocycles. The molecule has 0 aromatic heterocycles. The monoisotopic (exact) mass is 471 g/mol. The average Bonchev–Trinajstić information content (AvgIpc) is 2.73. The number of aliphatic carboxylic acids is 1. The SMILES string of the molecule is C[C@@H](C(=O)O)N(C(=O)C(C)(C)C)c1cccc2ccccc12.Cc1ccc(S(=O)(=O)O)cc1. The molecule has 2 N–H and O–H groups in total. The first-order valence-corrected chi connectivity index (χ1v) is 11.8. The Morgan fingerprint density at radius 1 is 0.909 bits per heavy atom. The number of carboxylic acids is 1. The molecule has 0 spiro atoms. The lowest BCUT2D eigenvalue weighted by Gasteiger charge is -2.33. The standard InChI is InChI=1S/C18H21NO3.C7H8O3S/c1-12(16(20)21)19(17(22)18(2,3)4)15-11-7-9-13-8-5-6-10-14(13)15;1-6-2-4-7(5-3-6)11(8,9)10/h5-12H,1-4H3,(H,20,21);2-5H,1H3,(H,8,9,10)/t12-;/m0./s1. The molecular formula is C25H29NO6S. The van der Waals surface area contributed by atoms with Crippen molar-refractivity contribution in [2.75, 3.05) is 4.90 Å². The molecular weight excluding hydrogens is 442 g/mol. The molecule has 0 aliphatic rings. The van der Waals surface area contributed by atoms with Crippen LogP contribution in [0.25, 0.3) is 10.8 Å². The number of carbonyl (C=O) groups is 2. The van der Waals surface area contributed by atoms with Crippen LogP contribution in [0.15, 0.2) is 71.6 Å². The van der Waals surface area contributed by atoms with Gasteiger partial charge in [-0.1, -0.05) is 74.9 Å². The maximum absolute atomic E-state index is 12.8. The zero-order chi connectivity index (χ0) is 25.0. The lowest BCUT2D eigenvalue weighted by atomic mass is 9.93. The summed E-state index contributed by atoms with van der Waals surface area (Å²) in [6, 6.07) is 18.3. The number of amides is 1. The van der Waals surface area contributed by atoms with Gasteiger partial charge < -0.3 is 5.11 Å². The van der Waals surface area contributed by atoms with Crippen molar-refractivity contribution in [3.63, 3.8) is 0 Å². The summed E-state index contributed by atoms with van der Waals surface area (Å²) in [6.45, 7) is 8.76. The predicted molar refractivity (Wildman–Crippen MR) is 129 cm³/mol. The molecule has 176 valence electrons. The van der Waals surface area contributed by atoms with Crippen molar-refractivity contribution >= 4 is 38.5 Å². The highest BCUT2D eigenvalue weighted by molar-refractivity contribution is 7.85. The highest BCUT2D eigenvalue weighted by Crippen LogP contribution is 2.31. The van der Waals surface area contributed by atoms with Gasteiger partial charge in [0.15, 0.2) is 0 Å². The van der Waals surface area contributed by atoms with Crippen LogP contribution in [0.2, 0.25) is 0 Å². The lowest BCUT2D eigenvalue weighted by molar-refractivity contribution is -0.140. The molecule has 0 heterocycles. The van der Waals surface area contributed by atoms with Crippen LogP contribution in [0.1, 0.15) is 33.3 Å². The molecule has 1 atom stereocenters. The van der Waals surface area contributed by atoms with Crippen LogP contribution in [0.4, 0.5) is 5.69 Å². The van der Waals surface area contributed by atoms with E-state index in [0.29, 0.717) is 5.69 Å². The fourth-order valence-electron chi connectivity index (χ4n) is 3.09. The fraction of sp³-hybridized carbons (Fsp3) is 0.280. The van der Waals surface area contributed by atoms with E-state index < -0.39 is 27.5 Å². The van der Waals surface area contributed by atoms with E-state index in [1.54, 1.807) is 39.0 Å². The van der Waals surface area contributed by atoms with E-state index in [1.165, 1.54) is 24.0 Å². The summed E-state index contributed by atoms with van der Waals surface area (Å²) < 4.78 is 29.6. The van der Waals surface area contributed by atoms with Crippen molar-refractivity contribution in [3.05, 3.63) is 72.3 Å². The van der Waals surface area contributed by atoms with Crippen molar-refractivity contribution in [3.8, 4) is 0 Å². The summed E-state index contributed by atoms with van der Waals surface area (Å²) in [5, 5.41) is 11.3. The molecule has 0 aliphatic carbocycles. The van der Waals surface area contributed by atoms with E-state index >= 15 is 0 Å². The quantitative estimate of drug-likeness (QED) is 0.522. The predicted octanol–water partition coefficient (Wildman–Crippen LogP) is 4.93. The van der Waals surface area contributed by atoms with Crippen molar-refractivity contribution < 1.29 is 27.7 Å². The van der Waals surface area contributed by atoms with Crippen molar-refractivity contribution in [2.24, 2.45) is 5.41 Å². The van der Waals surface area contributed by atoms with Crippen LogP contribution >= 0.6 is 0 Å². The van der Waals surface area contributed by atoms with Gasteiger partial charge in [0, 0.05) is 10.8 Å². The minimum Gasteiger partial charge on any atom is -0.480 e. The Morgan fingerprint density at radius 2 is 1.45 bits per heavy atom. The largest absolute Gasteiger partial charge is 0.480 e. The molecule has 0 bridgehead atoms. The van der Waals surface area contributed by atoms with Gasteiger partial charge in [-0.25, -0.2) is 4.79 Å². The molecule has 33 heavy (non-hydrogen) atoms. The molecule has 3 aromatic carbocycles. The minimum absolute atomic E-state index is 0.0666. The molecule has 0 aliphatic heterocycles. The number of benzene rings is 3. The second kappa shape index (κ2) is 10.1. The van der Waals surface area contributed by atoms with Gasteiger partial charge in [-0.15, -0.1) is 0 Å². The summed E-state index contributed by atoms with van der Waals surface area (Å²) in [6.07, 6.45) is 0. The maximum atomic E-state index is 12.8. The number of fused-ring (bicyclic) bond motifs is 1. The lowest BCUT2D eigenvalue weighted by Crippen LogP contribution is -2.48. The molecule has 8 heteroatoms. The van der Waals surface area contributed by atoms with Gasteiger partial charge in [0.2, 0.25) is 5.91 Å². The van der Waals surface area contributed by atoms with Crippen LogP contribution in [0, 0.1) is 12.3 Å². The summed E-state index contributed by atoms with van der Waals surface area (Å²) in [5.74, 6) is -1.23. The molecule has 0 unspecified atom stereocenters. The second-order valence-corrected chi connectivity index (χ2v) is 10.1. The first-order valence-electron chi connectivity index (χ1n) is 10.3. The second-order valence-electron chi connectivity index (χ2n) is 8.73. The van der Waals surface area contributed by atoms with Gasteiger partial charge in [-0.05, 0) is 37.4 Å². The zero-order valence-electron chi connectivity index (χ0n) is 19.3. The highest BCUT2D eigenvalue weighted by Gasteiger charge is 2.34. The van der Waals surface area contributed by atoms with E-state index in [-0.39, 0.29) is 10.8 Å². The Morgan fingerprint density at radius 3 is 1.97 bits per heavy atom. The topological polar surface area (TPSA) is 112 Å².